The number of rotatable bonds is 5. The number of ether oxygens (including phenoxy) is 1. The number of thioether (sulfide) groups is 1. The second-order valence-electron chi connectivity index (χ2n) is 15.4. The van der Waals surface area contributed by atoms with E-state index < -0.39 is 36.5 Å². The first-order valence-electron chi connectivity index (χ1n) is 20.2. The van der Waals surface area contributed by atoms with E-state index in [-0.39, 0.29) is 23.4 Å². The Bertz CT molecular complexity index is 2890. The van der Waals surface area contributed by atoms with Crippen LogP contribution in [0.3, 0.4) is 0 Å². The Morgan fingerprint density at radius 1 is 0.825 bits per heavy atom. The van der Waals surface area contributed by atoms with Crippen molar-refractivity contribution in [3.63, 3.8) is 0 Å². The van der Waals surface area contributed by atoms with Gasteiger partial charge >= 0.3 is 398 Å². The molecule has 5 aromatic carbocycles. The van der Waals surface area contributed by atoms with Gasteiger partial charge in [0, 0.05) is 0 Å². The third kappa shape index (κ3) is 7.83. The first kappa shape index (κ1) is 43.1. The molecule has 11 rings (SSSR count). The zero-order valence-electron chi connectivity index (χ0n) is 33.5. The van der Waals surface area contributed by atoms with Crippen LogP contribution in [-0.2, 0) is 12.8 Å². The van der Waals surface area contributed by atoms with Crippen molar-refractivity contribution in [2.45, 2.75) is 29.9 Å². The number of halogens is 2. The number of para-hydroxylation sites is 1. The second-order valence-corrected chi connectivity index (χ2v) is 36.0. The minimum absolute atomic E-state index is 0.107. The number of anilines is 2. The summed E-state index contributed by atoms with van der Waals surface area (Å²) in [6.07, 6.45) is 11.4. The van der Waals surface area contributed by atoms with Crippen LogP contribution in [0.1, 0.15) is 16.7 Å². The van der Waals surface area contributed by atoms with Gasteiger partial charge in [-0.3, -0.25) is 0 Å². The molecule has 6 aliphatic rings. The summed E-state index contributed by atoms with van der Waals surface area (Å²) in [5.74, 6) is 2.25. The topological polar surface area (TPSA) is 52.9 Å². The van der Waals surface area contributed by atoms with Crippen molar-refractivity contribution in [2.75, 3.05) is 16.4 Å². The molecule has 0 spiro atoms. The first-order chi connectivity index (χ1) is 30.6. The molecule has 1 fully saturated rings. The van der Waals surface area contributed by atoms with Gasteiger partial charge in [-0.15, -0.1) is 0 Å². The fourth-order valence-electron chi connectivity index (χ4n) is 8.95. The molecular weight excluding hydrogens is 1010 g/mol. The number of hydrogen-bond acceptors (Lipinski definition) is 9. The van der Waals surface area contributed by atoms with E-state index in [2.05, 4.69) is 49.6 Å². The molecule has 1 saturated heterocycles. The molecule has 3 aliphatic carbocycles. The number of phenols is 2. The van der Waals surface area contributed by atoms with Crippen molar-refractivity contribution >= 4 is 95.7 Å². The van der Waals surface area contributed by atoms with Gasteiger partial charge in [0.1, 0.15) is 0 Å². The Hall–Kier alpha value is -3.79. The molecule has 0 saturated carbocycles. The van der Waals surface area contributed by atoms with Crippen molar-refractivity contribution in [2.24, 2.45) is 0 Å². The van der Waals surface area contributed by atoms with E-state index >= 15 is 8.78 Å². The molecule has 63 heavy (non-hydrogen) atoms. The Kier molecular flexibility index (Phi) is 12.2. The summed E-state index contributed by atoms with van der Waals surface area (Å²) in [6.45, 7) is 8.42. The molecule has 0 radical (unpaired) electrons. The number of thiol groups is 2. The number of fused-ring (bicyclic) bond motifs is 5. The van der Waals surface area contributed by atoms with Crippen LogP contribution in [0.25, 0.3) is 28.3 Å². The van der Waals surface area contributed by atoms with Gasteiger partial charge in [-0.05, 0) is 0 Å². The Balaban J connectivity index is 0.000000153. The molecule has 0 amide bonds. The van der Waals surface area contributed by atoms with Crippen LogP contribution in [0.5, 0.6) is 17.2 Å². The average molecular weight is 1050 g/mol. The Morgan fingerprint density at radius 3 is 2.32 bits per heavy atom. The number of aromatic hydroxyl groups is 2. The molecule has 0 aromatic heterocycles. The van der Waals surface area contributed by atoms with Crippen molar-refractivity contribution in [3.8, 4) is 39.5 Å². The maximum absolute atomic E-state index is 15.8. The summed E-state index contributed by atoms with van der Waals surface area (Å²) < 4.78 is 40.2. The quantitative estimate of drug-likeness (QED) is 0.103. The minimum atomic E-state index is -1.74. The van der Waals surface area contributed by atoms with Crippen LogP contribution in [0.2, 0.25) is 0 Å². The fraction of sp³-hybridized carbons (Fsp3) is 0.120. The van der Waals surface area contributed by atoms with Gasteiger partial charge in [-0.1, -0.05) is 0 Å². The molecule has 0 bridgehead atoms. The van der Waals surface area contributed by atoms with Gasteiger partial charge in [0.15, 0.2) is 0 Å². The monoisotopic (exact) mass is 1050 g/mol. The first-order valence-corrected chi connectivity index (χ1v) is 35.2. The summed E-state index contributed by atoms with van der Waals surface area (Å²) >= 11 is -1.92. The number of hydrogen-bond donors (Lipinski definition) is 4. The molecule has 2 unspecified atom stereocenters. The average Bonchev–Trinajstić information content (AvgIpc) is 4.00. The predicted octanol–water partition coefficient (Wildman–Crippen LogP) is 13.2. The summed E-state index contributed by atoms with van der Waals surface area (Å²) in [5.41, 5.74) is 10.7. The van der Waals surface area contributed by atoms with Crippen molar-refractivity contribution in [1.29, 1.82) is 0 Å². The van der Waals surface area contributed by atoms with Crippen LogP contribution in [0.15, 0.2) is 176 Å². The normalized spacial score (nSPS) is 19.8. The van der Waals surface area contributed by atoms with Crippen LogP contribution in [0.4, 0.5) is 20.2 Å². The zero-order chi connectivity index (χ0) is 43.5. The van der Waals surface area contributed by atoms with Crippen LogP contribution in [-0.4, -0.2) is 58.5 Å². The molecule has 13 heteroatoms. The number of phenolic OH excluding ortho intramolecular Hbond substituents is 2. The van der Waals surface area contributed by atoms with Crippen LogP contribution >= 0.6 is 53.6 Å². The number of nitrogens with zero attached hydrogens (tertiary/aromatic N) is 1. The number of benzene rings is 5. The third-order valence-electron chi connectivity index (χ3n) is 11.6. The summed E-state index contributed by atoms with van der Waals surface area (Å²) in [4.78, 5) is 3.24. The van der Waals surface area contributed by atoms with Gasteiger partial charge < -0.3 is 0 Å². The van der Waals surface area contributed by atoms with Gasteiger partial charge in [-0.25, -0.2) is 0 Å². The molecule has 2 N–H and O–H groups in total. The van der Waals surface area contributed by atoms with Crippen LogP contribution in [0, 0.1) is 5.82 Å². The van der Waals surface area contributed by atoms with E-state index in [9.17, 15) is 10.2 Å². The molecule has 2 atom stereocenters. The molecule has 316 valence electrons. The standard InChI is InChI=1S/C27H20AsF2NOS3.C23H19AsO2S2/c1-16-14-19(29)25-27(23(16)28-33-12-13-34-28)35-26-22(17-8-4-2-5-9-17)21(32)15-20(30)24(26)31(25)18-10-6-3-7-11-18;1-13-8-10-21-18(23(13)24(27)28)12-17-20(26-21)11-9-19(25)22(17)16-7-3-5-14-4-2-6-15(14)16/h2-11,14-15,25,32H,1,12-13H2;2-5,7-11,21,25,27-28H,1,6,12H2. The summed E-state index contributed by atoms with van der Waals surface area (Å²) in [6, 6.07) is 29.2. The number of allylic oxidation sites excluding steroid dienone is 7. The van der Waals surface area contributed by atoms with Gasteiger partial charge in [0.2, 0.25) is 0 Å². The predicted molar refractivity (Wildman–Crippen MR) is 271 cm³/mol. The third-order valence-corrected chi connectivity index (χ3v) is 31.1. The van der Waals surface area contributed by atoms with Gasteiger partial charge in [-0.2, -0.15) is 0 Å². The van der Waals surface area contributed by atoms with E-state index in [4.69, 9.17) is 26.5 Å². The van der Waals surface area contributed by atoms with E-state index in [0.29, 0.717) is 28.3 Å². The van der Waals surface area contributed by atoms with Crippen molar-refractivity contribution in [1.82, 2.24) is 0 Å². The Labute approximate surface area is 395 Å². The van der Waals surface area contributed by atoms with Crippen LogP contribution < -0.4 is 9.64 Å². The summed E-state index contributed by atoms with van der Waals surface area (Å²) in [5, 5.41) is 21.8. The van der Waals surface area contributed by atoms with Crippen molar-refractivity contribution < 1.29 is 23.7 Å². The van der Waals surface area contributed by atoms with E-state index in [0.717, 1.165) is 76.8 Å². The fourth-order valence-corrected chi connectivity index (χ4v) is 31.3. The molecule has 5 aromatic rings. The van der Waals surface area contributed by atoms with E-state index in [1.807, 2.05) is 92.9 Å². The van der Waals surface area contributed by atoms with E-state index in [1.165, 1.54) is 34.5 Å². The SMILES string of the molecule is C=C1C=C(F)C2C(=C1[As]1SCCS1)Sc1c(-c3ccccc3)c(O)cc(F)c1N2c1ccccc1.C=C1C=CC2Oc3ccc(O)c(-c4cccc5c4CC=C5)c3CC2=C1[As](S)S. The molecular formula is C50H39As2F2NO3S5. The van der Waals surface area contributed by atoms with Gasteiger partial charge in [0.25, 0.3) is 0 Å². The second kappa shape index (κ2) is 17.9. The van der Waals surface area contributed by atoms with E-state index in [1.54, 1.807) is 11.0 Å². The molecule has 3 aliphatic heterocycles. The van der Waals surface area contributed by atoms with Crippen molar-refractivity contribution in [3.05, 3.63) is 193 Å². The Morgan fingerprint density at radius 2 is 1.57 bits per heavy atom. The maximum atomic E-state index is 15.8. The molecule has 3 heterocycles. The summed E-state index contributed by atoms with van der Waals surface area (Å²) in [7, 11) is 13.4. The zero-order valence-corrected chi connectivity index (χ0v) is 41.5. The van der Waals surface area contributed by atoms with Gasteiger partial charge in [0.05, 0.1) is 0 Å². The molecule has 4 nitrogen and oxygen atoms in total.